The Bertz CT molecular complexity index is 1130. The molecular formula is C21H18N6O3S. The number of carbonyl (C=O) groups is 2. The number of amides is 1. The number of carbonyl (C=O) groups excluding carboxylic acids is 1. The van der Waals surface area contributed by atoms with Crippen molar-refractivity contribution >= 4 is 34.2 Å². The molecule has 0 aliphatic carbocycles. The molecule has 10 heteroatoms. The van der Waals surface area contributed by atoms with E-state index >= 15 is 0 Å². The molecule has 1 amide bonds. The number of hydrogen-bond donors (Lipinski definition) is 2. The van der Waals surface area contributed by atoms with Gasteiger partial charge in [-0.1, -0.05) is 11.3 Å². The normalized spacial score (nSPS) is 14.1. The van der Waals surface area contributed by atoms with E-state index in [2.05, 4.69) is 26.3 Å². The van der Waals surface area contributed by atoms with Crippen LogP contribution >= 0.6 is 11.3 Å². The van der Waals surface area contributed by atoms with E-state index in [4.69, 9.17) is 5.11 Å². The van der Waals surface area contributed by atoms with Crippen molar-refractivity contribution in [3.05, 3.63) is 53.3 Å². The van der Waals surface area contributed by atoms with Crippen molar-refractivity contribution in [3.8, 4) is 17.3 Å². The molecular weight excluding hydrogens is 416 g/mol. The number of anilines is 2. The molecule has 156 valence electrons. The lowest BCUT2D eigenvalue weighted by Gasteiger charge is -2.30. The summed E-state index contributed by atoms with van der Waals surface area (Å²) in [5.41, 5.74) is 1.62. The molecule has 3 aromatic heterocycles. The number of hydrogen-bond acceptors (Lipinski definition) is 8. The van der Waals surface area contributed by atoms with Crippen LogP contribution in [0.25, 0.3) is 11.3 Å². The molecule has 1 saturated heterocycles. The number of pyridine rings is 2. The third-order valence-electron chi connectivity index (χ3n) is 5.08. The summed E-state index contributed by atoms with van der Waals surface area (Å²) in [6.45, 7) is 1.23. The topological polar surface area (TPSA) is 132 Å². The summed E-state index contributed by atoms with van der Waals surface area (Å²) in [4.78, 5) is 38.8. The van der Waals surface area contributed by atoms with Gasteiger partial charge < -0.3 is 10.0 Å². The molecule has 0 radical (unpaired) electrons. The molecule has 0 bridgehead atoms. The van der Waals surface area contributed by atoms with Crippen LogP contribution in [0, 0.1) is 17.2 Å². The molecule has 1 aliphatic heterocycles. The quantitative estimate of drug-likeness (QED) is 0.626. The van der Waals surface area contributed by atoms with Gasteiger partial charge in [0.1, 0.15) is 22.5 Å². The Balaban J connectivity index is 1.43. The van der Waals surface area contributed by atoms with Gasteiger partial charge in [0.2, 0.25) is 0 Å². The van der Waals surface area contributed by atoms with Crippen molar-refractivity contribution < 1.29 is 14.7 Å². The molecule has 1 fully saturated rings. The summed E-state index contributed by atoms with van der Waals surface area (Å²) >= 11 is 1.10. The van der Waals surface area contributed by atoms with Crippen LogP contribution < -0.4 is 10.2 Å². The number of rotatable bonds is 5. The van der Waals surface area contributed by atoms with E-state index < -0.39 is 5.97 Å². The number of nitrogens with zero attached hydrogens (tertiary/aromatic N) is 5. The van der Waals surface area contributed by atoms with Crippen LogP contribution in [0.2, 0.25) is 0 Å². The van der Waals surface area contributed by atoms with Crippen LogP contribution in [0.3, 0.4) is 0 Å². The van der Waals surface area contributed by atoms with Crippen molar-refractivity contribution in [1.29, 1.82) is 5.26 Å². The molecule has 31 heavy (non-hydrogen) atoms. The maximum atomic E-state index is 12.6. The number of nitriles is 1. The number of carboxylic acid groups (broad SMARTS) is 1. The van der Waals surface area contributed by atoms with Gasteiger partial charge in [-0.3, -0.25) is 19.9 Å². The van der Waals surface area contributed by atoms with Crippen LogP contribution in [0.4, 0.5) is 10.9 Å². The van der Waals surface area contributed by atoms with E-state index in [9.17, 15) is 14.9 Å². The van der Waals surface area contributed by atoms with Gasteiger partial charge in [0.05, 0.1) is 11.5 Å². The van der Waals surface area contributed by atoms with Crippen LogP contribution in [0.15, 0.2) is 42.9 Å². The molecule has 1 aliphatic rings. The number of thiazole rings is 1. The zero-order chi connectivity index (χ0) is 21.8. The van der Waals surface area contributed by atoms with Gasteiger partial charge in [-0.2, -0.15) is 5.26 Å². The second-order valence-electron chi connectivity index (χ2n) is 7.00. The van der Waals surface area contributed by atoms with E-state index in [1.165, 1.54) is 6.20 Å². The summed E-state index contributed by atoms with van der Waals surface area (Å²) in [5, 5.41) is 21.5. The fraction of sp³-hybridized carbons (Fsp3) is 0.238. The molecule has 4 heterocycles. The average Bonchev–Trinajstić information content (AvgIpc) is 3.22. The standard InChI is InChI=1S/C21H18N6O3S/c22-11-16-18(13-3-7-23-8-4-13)25-21(31-16)26-19(28)15-1-2-17(24-12-15)27-9-5-14(6-10-27)20(29)30/h1-4,7-8,12,14H,5-6,9-10H2,(H,29,30)(H,25,26,28). The molecule has 0 unspecified atom stereocenters. The first kappa shape index (κ1) is 20.4. The highest BCUT2D eigenvalue weighted by Gasteiger charge is 2.25. The van der Waals surface area contributed by atoms with Crippen LogP contribution in [-0.4, -0.2) is 45.0 Å². The Morgan fingerprint density at radius 3 is 2.55 bits per heavy atom. The Morgan fingerprint density at radius 1 is 1.19 bits per heavy atom. The lowest BCUT2D eigenvalue weighted by Crippen LogP contribution is -2.36. The van der Waals surface area contributed by atoms with Crippen molar-refractivity contribution in [1.82, 2.24) is 15.0 Å². The average molecular weight is 434 g/mol. The van der Waals surface area contributed by atoms with Crippen LogP contribution in [0.1, 0.15) is 28.1 Å². The third kappa shape index (κ3) is 4.51. The third-order valence-corrected chi connectivity index (χ3v) is 5.96. The minimum Gasteiger partial charge on any atom is -0.481 e. The molecule has 4 rings (SSSR count). The van der Waals surface area contributed by atoms with Crippen molar-refractivity contribution in [2.75, 3.05) is 23.3 Å². The molecule has 2 N–H and O–H groups in total. The summed E-state index contributed by atoms with van der Waals surface area (Å²) < 4.78 is 0. The number of piperidine rings is 1. The highest BCUT2D eigenvalue weighted by Crippen LogP contribution is 2.30. The molecule has 0 spiro atoms. The number of carboxylic acids is 1. The van der Waals surface area contributed by atoms with Crippen LogP contribution in [-0.2, 0) is 4.79 Å². The van der Waals surface area contributed by atoms with E-state index in [-0.39, 0.29) is 11.8 Å². The van der Waals surface area contributed by atoms with E-state index in [1.807, 2.05) is 4.90 Å². The van der Waals surface area contributed by atoms with Gasteiger partial charge in [0.15, 0.2) is 5.13 Å². The minimum atomic E-state index is -0.756. The zero-order valence-electron chi connectivity index (χ0n) is 16.4. The first-order valence-corrected chi connectivity index (χ1v) is 10.4. The lowest BCUT2D eigenvalue weighted by molar-refractivity contribution is -0.142. The van der Waals surface area contributed by atoms with Gasteiger partial charge >= 0.3 is 5.97 Å². The second-order valence-corrected chi connectivity index (χ2v) is 8.00. The Labute approximate surface area is 182 Å². The lowest BCUT2D eigenvalue weighted by atomic mass is 9.97. The van der Waals surface area contributed by atoms with Crippen LogP contribution in [0.5, 0.6) is 0 Å². The number of aliphatic carboxylic acids is 1. The maximum absolute atomic E-state index is 12.6. The SMILES string of the molecule is N#Cc1sc(NC(=O)c2ccc(N3CCC(C(=O)O)CC3)nc2)nc1-c1ccncc1. The molecule has 0 aromatic carbocycles. The minimum absolute atomic E-state index is 0.310. The Kier molecular flexibility index (Phi) is 5.86. The molecule has 0 atom stereocenters. The summed E-state index contributed by atoms with van der Waals surface area (Å²) in [6, 6.07) is 9.04. The van der Waals surface area contributed by atoms with E-state index in [0.717, 1.165) is 16.9 Å². The van der Waals surface area contributed by atoms with Gasteiger partial charge in [0, 0.05) is 37.2 Å². The summed E-state index contributed by atoms with van der Waals surface area (Å²) in [5.74, 6) is -0.729. The van der Waals surface area contributed by atoms with Crippen molar-refractivity contribution in [2.45, 2.75) is 12.8 Å². The smallest absolute Gasteiger partial charge is 0.306 e. The first-order chi connectivity index (χ1) is 15.0. The number of nitrogens with one attached hydrogen (secondary N) is 1. The van der Waals surface area contributed by atoms with E-state index in [1.54, 1.807) is 36.7 Å². The molecule has 9 nitrogen and oxygen atoms in total. The Morgan fingerprint density at radius 2 is 1.94 bits per heavy atom. The van der Waals surface area contributed by atoms with Gasteiger partial charge in [-0.15, -0.1) is 0 Å². The fourth-order valence-corrected chi connectivity index (χ4v) is 4.17. The van der Waals surface area contributed by atoms with Crippen molar-refractivity contribution in [2.24, 2.45) is 5.92 Å². The number of aromatic nitrogens is 3. The van der Waals surface area contributed by atoms with Gasteiger partial charge in [-0.25, -0.2) is 9.97 Å². The van der Waals surface area contributed by atoms with Gasteiger partial charge in [0.25, 0.3) is 5.91 Å². The highest BCUT2D eigenvalue weighted by atomic mass is 32.1. The highest BCUT2D eigenvalue weighted by molar-refractivity contribution is 7.16. The van der Waals surface area contributed by atoms with E-state index in [0.29, 0.717) is 53.0 Å². The maximum Gasteiger partial charge on any atom is 0.306 e. The summed E-state index contributed by atoms with van der Waals surface area (Å²) in [6.07, 6.45) is 5.86. The monoisotopic (exact) mass is 434 g/mol. The first-order valence-electron chi connectivity index (χ1n) is 9.61. The Hall–Kier alpha value is -3.84. The largest absolute Gasteiger partial charge is 0.481 e. The predicted molar refractivity (Wildman–Crippen MR) is 115 cm³/mol. The predicted octanol–water partition coefficient (Wildman–Crippen LogP) is 3.03. The fourth-order valence-electron chi connectivity index (χ4n) is 3.39. The van der Waals surface area contributed by atoms with Gasteiger partial charge in [-0.05, 0) is 37.1 Å². The van der Waals surface area contributed by atoms with Crippen molar-refractivity contribution in [3.63, 3.8) is 0 Å². The second kappa shape index (κ2) is 8.89. The summed E-state index contributed by atoms with van der Waals surface area (Å²) in [7, 11) is 0. The molecule has 3 aromatic rings. The molecule has 0 saturated carbocycles. The zero-order valence-corrected chi connectivity index (χ0v) is 17.2.